The third-order valence-electron chi connectivity index (χ3n) is 1.73. The van der Waals surface area contributed by atoms with E-state index in [9.17, 15) is 4.39 Å². The zero-order valence-corrected chi connectivity index (χ0v) is 9.40. The van der Waals surface area contributed by atoms with Crippen molar-refractivity contribution in [2.75, 3.05) is 5.73 Å². The second-order valence-corrected chi connectivity index (χ2v) is 5.00. The van der Waals surface area contributed by atoms with E-state index in [1.807, 2.05) is 0 Å². The fourth-order valence-corrected chi connectivity index (χ4v) is 2.43. The average molecular weight is 273 g/mol. The van der Waals surface area contributed by atoms with E-state index in [2.05, 4.69) is 20.9 Å². The lowest BCUT2D eigenvalue weighted by Crippen LogP contribution is -1.86. The topological polar surface area (TPSA) is 38.9 Å². The summed E-state index contributed by atoms with van der Waals surface area (Å²) in [4.78, 5) is 4.17. The van der Waals surface area contributed by atoms with E-state index >= 15 is 0 Å². The van der Waals surface area contributed by atoms with Crippen molar-refractivity contribution in [1.82, 2.24) is 4.98 Å². The Morgan fingerprint density at radius 3 is 2.79 bits per heavy atom. The van der Waals surface area contributed by atoms with Gasteiger partial charge in [-0.3, -0.25) is 0 Å². The first kappa shape index (κ1) is 9.61. The highest BCUT2D eigenvalue weighted by Gasteiger charge is 2.09. The number of nitrogens with zero attached hydrogens (tertiary/aromatic N) is 1. The highest BCUT2D eigenvalue weighted by molar-refractivity contribution is 9.11. The highest BCUT2D eigenvalue weighted by atomic mass is 79.9. The molecule has 0 fully saturated rings. The normalized spacial score (nSPS) is 10.4. The minimum absolute atomic E-state index is 0.286. The molecule has 2 aromatic rings. The van der Waals surface area contributed by atoms with Crippen molar-refractivity contribution in [3.63, 3.8) is 0 Å². The van der Waals surface area contributed by atoms with Crippen LogP contribution >= 0.6 is 27.3 Å². The standard InChI is InChI=1S/C9H6BrFN2S/c10-9-13-7(8(12)14-9)5-2-1-3-6(11)4-5/h1-4H,12H2. The van der Waals surface area contributed by atoms with Crippen molar-refractivity contribution < 1.29 is 4.39 Å². The Labute approximate surface area is 92.7 Å². The molecule has 0 aliphatic heterocycles. The molecule has 0 aliphatic carbocycles. The zero-order chi connectivity index (χ0) is 10.1. The molecule has 0 radical (unpaired) electrons. The first-order chi connectivity index (χ1) is 6.66. The molecule has 0 bridgehead atoms. The molecule has 0 atom stereocenters. The van der Waals surface area contributed by atoms with Crippen molar-refractivity contribution in [2.24, 2.45) is 0 Å². The first-order valence-corrected chi connectivity index (χ1v) is 5.45. The van der Waals surface area contributed by atoms with E-state index in [4.69, 9.17) is 5.73 Å². The van der Waals surface area contributed by atoms with Crippen molar-refractivity contribution >= 4 is 32.3 Å². The summed E-state index contributed by atoms with van der Waals surface area (Å²) in [5, 5.41) is 0.586. The Hall–Kier alpha value is -0.940. The molecule has 1 aromatic carbocycles. The molecule has 14 heavy (non-hydrogen) atoms. The zero-order valence-electron chi connectivity index (χ0n) is 7.00. The maximum Gasteiger partial charge on any atom is 0.161 e. The number of nitrogen functional groups attached to an aromatic ring is 1. The molecule has 72 valence electrons. The molecule has 0 amide bonds. The second kappa shape index (κ2) is 3.67. The van der Waals surface area contributed by atoms with Crippen LogP contribution in [-0.2, 0) is 0 Å². The van der Waals surface area contributed by atoms with Gasteiger partial charge in [-0.2, -0.15) is 0 Å². The molecule has 2 N–H and O–H groups in total. The Morgan fingerprint density at radius 1 is 1.43 bits per heavy atom. The van der Waals surface area contributed by atoms with Crippen molar-refractivity contribution in [3.8, 4) is 11.3 Å². The van der Waals surface area contributed by atoms with Crippen molar-refractivity contribution in [2.45, 2.75) is 0 Å². The molecule has 5 heteroatoms. The predicted molar refractivity (Wildman–Crippen MR) is 59.6 cm³/mol. The van der Waals surface area contributed by atoms with E-state index in [1.165, 1.54) is 23.5 Å². The maximum atomic E-state index is 12.9. The summed E-state index contributed by atoms with van der Waals surface area (Å²) >= 11 is 4.56. The monoisotopic (exact) mass is 272 g/mol. The number of hydrogen-bond donors (Lipinski definition) is 1. The number of hydrogen-bond acceptors (Lipinski definition) is 3. The van der Waals surface area contributed by atoms with Gasteiger partial charge in [-0.25, -0.2) is 9.37 Å². The fourth-order valence-electron chi connectivity index (χ4n) is 1.15. The minimum Gasteiger partial charge on any atom is -0.389 e. The molecular weight excluding hydrogens is 267 g/mol. The summed E-state index contributed by atoms with van der Waals surface area (Å²) in [6.45, 7) is 0. The quantitative estimate of drug-likeness (QED) is 0.865. The van der Waals surface area contributed by atoms with Crippen LogP contribution in [0, 0.1) is 5.82 Å². The molecule has 0 unspecified atom stereocenters. The SMILES string of the molecule is Nc1sc(Br)nc1-c1cccc(F)c1. The van der Waals surface area contributed by atoms with Gasteiger partial charge in [0.2, 0.25) is 0 Å². The molecule has 0 saturated heterocycles. The molecule has 0 spiro atoms. The first-order valence-electron chi connectivity index (χ1n) is 3.84. The largest absolute Gasteiger partial charge is 0.389 e. The van der Waals surface area contributed by atoms with Crippen LogP contribution < -0.4 is 5.73 Å². The van der Waals surface area contributed by atoms with Gasteiger partial charge < -0.3 is 5.73 Å². The molecule has 0 saturated carbocycles. The predicted octanol–water partition coefficient (Wildman–Crippen LogP) is 3.29. The van der Waals surface area contributed by atoms with Gasteiger partial charge >= 0.3 is 0 Å². The van der Waals surface area contributed by atoms with E-state index in [-0.39, 0.29) is 5.82 Å². The lowest BCUT2D eigenvalue weighted by molar-refractivity contribution is 0.628. The third kappa shape index (κ3) is 1.78. The lowest BCUT2D eigenvalue weighted by Gasteiger charge is -1.97. The van der Waals surface area contributed by atoms with Crippen LogP contribution in [0.1, 0.15) is 0 Å². The van der Waals surface area contributed by atoms with Gasteiger partial charge in [0.05, 0.1) is 0 Å². The Morgan fingerprint density at radius 2 is 2.21 bits per heavy atom. The maximum absolute atomic E-state index is 12.9. The van der Waals surface area contributed by atoms with Crippen LogP contribution in [0.15, 0.2) is 28.2 Å². The van der Waals surface area contributed by atoms with Gasteiger partial charge in [0.15, 0.2) is 3.92 Å². The summed E-state index contributed by atoms with van der Waals surface area (Å²) in [7, 11) is 0. The minimum atomic E-state index is -0.286. The number of aromatic nitrogens is 1. The average Bonchev–Trinajstić information content (AvgIpc) is 2.45. The summed E-state index contributed by atoms with van der Waals surface area (Å²) in [5.74, 6) is -0.286. The molecular formula is C9H6BrFN2S. The number of thiazole rings is 1. The number of anilines is 1. The van der Waals surface area contributed by atoms with E-state index < -0.39 is 0 Å². The van der Waals surface area contributed by atoms with Gasteiger partial charge in [-0.1, -0.05) is 23.5 Å². The van der Waals surface area contributed by atoms with Gasteiger partial charge in [-0.05, 0) is 28.1 Å². The summed E-state index contributed by atoms with van der Waals surface area (Å²) in [5.41, 5.74) is 7.05. The summed E-state index contributed by atoms with van der Waals surface area (Å²) in [6.07, 6.45) is 0. The van der Waals surface area contributed by atoms with Crippen LogP contribution in [0.4, 0.5) is 9.39 Å². The van der Waals surface area contributed by atoms with Gasteiger partial charge in [0.1, 0.15) is 16.5 Å². The molecule has 2 nitrogen and oxygen atoms in total. The van der Waals surface area contributed by atoms with Gasteiger partial charge in [0.25, 0.3) is 0 Å². The summed E-state index contributed by atoms with van der Waals surface area (Å²) < 4.78 is 13.6. The van der Waals surface area contributed by atoms with Gasteiger partial charge in [-0.15, -0.1) is 0 Å². The van der Waals surface area contributed by atoms with E-state index in [0.29, 0.717) is 20.2 Å². The molecule has 2 rings (SSSR count). The molecule has 1 aromatic heterocycles. The van der Waals surface area contributed by atoms with Crippen LogP contribution in [0.5, 0.6) is 0 Å². The second-order valence-electron chi connectivity index (χ2n) is 2.69. The van der Waals surface area contributed by atoms with Gasteiger partial charge in [0, 0.05) is 5.56 Å². The Balaban J connectivity index is 2.54. The van der Waals surface area contributed by atoms with Crippen LogP contribution in [0.3, 0.4) is 0 Å². The molecule has 1 heterocycles. The number of benzene rings is 1. The number of halogens is 2. The third-order valence-corrected chi connectivity index (χ3v) is 3.06. The Kier molecular flexibility index (Phi) is 2.52. The fraction of sp³-hybridized carbons (Fsp3) is 0. The number of nitrogens with two attached hydrogens (primary N) is 1. The lowest BCUT2D eigenvalue weighted by atomic mass is 10.1. The molecule has 0 aliphatic rings. The van der Waals surface area contributed by atoms with Crippen molar-refractivity contribution in [1.29, 1.82) is 0 Å². The van der Waals surface area contributed by atoms with Crippen molar-refractivity contribution in [3.05, 3.63) is 34.0 Å². The van der Waals surface area contributed by atoms with E-state index in [0.717, 1.165) is 0 Å². The van der Waals surface area contributed by atoms with Crippen LogP contribution in [0.2, 0.25) is 0 Å². The highest BCUT2D eigenvalue weighted by Crippen LogP contribution is 2.33. The smallest absolute Gasteiger partial charge is 0.161 e. The Bertz CT molecular complexity index is 470. The van der Waals surface area contributed by atoms with E-state index in [1.54, 1.807) is 12.1 Å². The number of rotatable bonds is 1. The van der Waals surface area contributed by atoms with Crippen LogP contribution in [-0.4, -0.2) is 4.98 Å². The summed E-state index contributed by atoms with van der Waals surface area (Å²) in [6, 6.07) is 6.22. The van der Waals surface area contributed by atoms with Crippen LogP contribution in [0.25, 0.3) is 11.3 Å².